The highest BCUT2D eigenvalue weighted by atomic mass is 35.5. The van der Waals surface area contributed by atoms with E-state index >= 15 is 0 Å². The second-order valence-electron chi connectivity index (χ2n) is 6.23. The molecular weight excluding hydrogens is 464 g/mol. The molecule has 3 rings (SSSR count). The molecule has 3 aromatic rings. The number of carbonyl (C=O) groups excluding carboxylic acids is 1. The van der Waals surface area contributed by atoms with E-state index < -0.39 is 17.8 Å². The standard InChI is InChI=1S/C21H15Cl3FN5O/c22-14-3-6-19(28-9-14)20(12-1-4-15(23)16(24)7-12)30-21(31)13-2-5-18(17(25)8-13)29-11-27-10-26/h1-11,20H,(H,30,31)(H2,26,27,29)/t20-/m0/s1. The van der Waals surface area contributed by atoms with E-state index in [2.05, 4.69) is 20.6 Å². The average molecular weight is 479 g/mol. The minimum atomic E-state index is -0.680. The molecule has 0 aliphatic rings. The van der Waals surface area contributed by atoms with Gasteiger partial charge in [-0.05, 0) is 48.0 Å². The van der Waals surface area contributed by atoms with Gasteiger partial charge < -0.3 is 10.6 Å². The van der Waals surface area contributed by atoms with Crippen molar-refractivity contribution in [2.24, 2.45) is 4.99 Å². The Morgan fingerprint density at radius 2 is 1.90 bits per heavy atom. The van der Waals surface area contributed by atoms with Crippen LogP contribution < -0.4 is 10.6 Å². The zero-order chi connectivity index (χ0) is 22.4. The Balaban J connectivity index is 1.90. The third-order valence-corrected chi connectivity index (χ3v) is 5.16. The van der Waals surface area contributed by atoms with Gasteiger partial charge in [0.25, 0.3) is 5.91 Å². The van der Waals surface area contributed by atoms with E-state index in [0.717, 1.165) is 18.7 Å². The smallest absolute Gasteiger partial charge is 0.252 e. The Morgan fingerprint density at radius 3 is 2.55 bits per heavy atom. The van der Waals surface area contributed by atoms with Gasteiger partial charge in [-0.3, -0.25) is 15.2 Å². The molecule has 1 aromatic heterocycles. The van der Waals surface area contributed by atoms with Crippen LogP contribution in [0, 0.1) is 11.2 Å². The minimum absolute atomic E-state index is 0.103. The lowest BCUT2D eigenvalue weighted by Gasteiger charge is -2.20. The number of anilines is 1. The van der Waals surface area contributed by atoms with E-state index in [4.69, 9.17) is 40.2 Å². The number of pyridine rings is 1. The number of nitrogens with one attached hydrogen (secondary N) is 3. The minimum Gasteiger partial charge on any atom is -0.344 e. The molecule has 1 amide bonds. The number of aliphatic imine (C=N–C) groups is 1. The van der Waals surface area contributed by atoms with Crippen molar-refractivity contribution in [3.63, 3.8) is 0 Å². The molecule has 0 spiro atoms. The van der Waals surface area contributed by atoms with Crippen LogP contribution in [0.25, 0.3) is 0 Å². The van der Waals surface area contributed by atoms with Crippen LogP contribution in [0.2, 0.25) is 15.1 Å². The SMILES string of the molecule is N=C/N=C\Nc1ccc(C(=O)N[C@@H](c2ccc(Cl)c(Cl)c2)c2ccc(Cl)cn2)cc1F. The maximum atomic E-state index is 14.3. The average Bonchev–Trinajstić information content (AvgIpc) is 2.76. The maximum absolute atomic E-state index is 14.3. The lowest BCUT2D eigenvalue weighted by Crippen LogP contribution is -2.30. The van der Waals surface area contributed by atoms with Gasteiger partial charge >= 0.3 is 0 Å². The van der Waals surface area contributed by atoms with E-state index in [1.807, 2.05) is 0 Å². The summed E-state index contributed by atoms with van der Waals surface area (Å²) in [5.41, 5.74) is 1.37. The summed E-state index contributed by atoms with van der Waals surface area (Å²) in [7, 11) is 0. The molecule has 10 heteroatoms. The fraction of sp³-hybridized carbons (Fsp3) is 0.0476. The van der Waals surface area contributed by atoms with Crippen molar-refractivity contribution < 1.29 is 9.18 Å². The summed E-state index contributed by atoms with van der Waals surface area (Å²) < 4.78 is 14.3. The van der Waals surface area contributed by atoms with Crippen LogP contribution >= 0.6 is 34.8 Å². The molecule has 0 bridgehead atoms. The van der Waals surface area contributed by atoms with Crippen LogP contribution in [0.5, 0.6) is 0 Å². The number of halogens is 4. The van der Waals surface area contributed by atoms with Crippen molar-refractivity contribution in [1.29, 1.82) is 5.41 Å². The molecule has 0 aliphatic heterocycles. The van der Waals surface area contributed by atoms with Crippen LogP contribution in [-0.2, 0) is 0 Å². The largest absolute Gasteiger partial charge is 0.344 e. The number of benzene rings is 2. The lowest BCUT2D eigenvalue weighted by molar-refractivity contribution is 0.0942. The van der Waals surface area contributed by atoms with E-state index in [9.17, 15) is 9.18 Å². The highest BCUT2D eigenvalue weighted by Gasteiger charge is 2.21. The Labute approximate surface area is 192 Å². The van der Waals surface area contributed by atoms with E-state index in [-0.39, 0.29) is 11.3 Å². The van der Waals surface area contributed by atoms with Crippen LogP contribution in [0.1, 0.15) is 27.7 Å². The molecule has 0 fully saturated rings. The van der Waals surface area contributed by atoms with Crippen LogP contribution in [-0.4, -0.2) is 23.6 Å². The van der Waals surface area contributed by atoms with E-state index in [1.165, 1.54) is 18.3 Å². The maximum Gasteiger partial charge on any atom is 0.252 e. The molecule has 6 nitrogen and oxygen atoms in total. The number of hydrogen-bond donors (Lipinski definition) is 3. The Morgan fingerprint density at radius 1 is 1.10 bits per heavy atom. The molecule has 0 saturated heterocycles. The Kier molecular flexibility index (Phi) is 7.57. The fourth-order valence-corrected chi connectivity index (χ4v) is 3.13. The molecule has 1 atom stereocenters. The lowest BCUT2D eigenvalue weighted by atomic mass is 10.0. The Hall–Kier alpha value is -3.00. The van der Waals surface area contributed by atoms with Crippen LogP contribution in [0.4, 0.5) is 10.1 Å². The first kappa shape index (κ1) is 22.7. The van der Waals surface area contributed by atoms with Crippen molar-refractivity contribution >= 4 is 59.1 Å². The summed E-state index contributed by atoms with van der Waals surface area (Å²) in [6, 6.07) is 11.5. The molecule has 0 saturated carbocycles. The predicted octanol–water partition coefficient (Wildman–Crippen LogP) is 5.75. The second kappa shape index (κ2) is 10.3. The number of hydrogen-bond acceptors (Lipinski definition) is 3. The number of carbonyl (C=O) groups is 1. The van der Waals surface area contributed by atoms with Crippen LogP contribution in [0.15, 0.2) is 59.7 Å². The summed E-state index contributed by atoms with van der Waals surface area (Å²) in [5, 5.41) is 13.4. The first-order valence-electron chi connectivity index (χ1n) is 8.83. The van der Waals surface area contributed by atoms with Gasteiger partial charge in [0.15, 0.2) is 0 Å². The summed E-state index contributed by atoms with van der Waals surface area (Å²) >= 11 is 18.1. The van der Waals surface area contributed by atoms with Gasteiger partial charge in [-0.1, -0.05) is 40.9 Å². The first-order chi connectivity index (χ1) is 14.9. The fourth-order valence-electron chi connectivity index (χ4n) is 2.71. The zero-order valence-corrected chi connectivity index (χ0v) is 18.0. The van der Waals surface area contributed by atoms with Crippen molar-refractivity contribution in [3.8, 4) is 0 Å². The molecule has 0 unspecified atom stereocenters. The molecule has 2 aromatic carbocycles. The molecule has 0 aliphatic carbocycles. The summed E-state index contributed by atoms with van der Waals surface area (Å²) in [4.78, 5) is 20.7. The van der Waals surface area contributed by atoms with E-state index in [1.54, 1.807) is 30.3 Å². The second-order valence-corrected chi connectivity index (χ2v) is 7.48. The predicted molar refractivity (Wildman–Crippen MR) is 122 cm³/mol. The summed E-state index contributed by atoms with van der Waals surface area (Å²) in [6.45, 7) is 0. The number of amides is 1. The normalized spacial score (nSPS) is 11.9. The molecule has 0 radical (unpaired) electrons. The molecule has 158 valence electrons. The van der Waals surface area contributed by atoms with Crippen molar-refractivity contribution in [2.75, 3.05) is 5.32 Å². The molecule has 3 N–H and O–H groups in total. The van der Waals surface area contributed by atoms with E-state index in [0.29, 0.717) is 26.3 Å². The van der Waals surface area contributed by atoms with Crippen LogP contribution in [0.3, 0.4) is 0 Å². The highest BCUT2D eigenvalue weighted by molar-refractivity contribution is 6.42. The zero-order valence-electron chi connectivity index (χ0n) is 15.7. The van der Waals surface area contributed by atoms with Crippen molar-refractivity contribution in [3.05, 3.63) is 92.4 Å². The summed E-state index contributed by atoms with van der Waals surface area (Å²) in [6.07, 6.45) is 3.43. The van der Waals surface area contributed by atoms with Gasteiger partial charge in [0.05, 0.1) is 38.8 Å². The number of aromatic nitrogens is 1. The van der Waals surface area contributed by atoms with Gasteiger partial charge in [-0.15, -0.1) is 0 Å². The van der Waals surface area contributed by atoms with Crippen molar-refractivity contribution in [2.45, 2.75) is 6.04 Å². The number of nitrogens with zero attached hydrogens (tertiary/aromatic N) is 2. The highest BCUT2D eigenvalue weighted by Crippen LogP contribution is 2.29. The van der Waals surface area contributed by atoms with Gasteiger partial charge in [-0.25, -0.2) is 9.38 Å². The van der Waals surface area contributed by atoms with Gasteiger partial charge in [0.1, 0.15) is 12.2 Å². The quantitative estimate of drug-likeness (QED) is 0.298. The monoisotopic (exact) mass is 477 g/mol. The topological polar surface area (TPSA) is 90.2 Å². The van der Waals surface area contributed by atoms with Crippen molar-refractivity contribution in [1.82, 2.24) is 10.3 Å². The molecule has 31 heavy (non-hydrogen) atoms. The molecular formula is C21H15Cl3FN5O. The third-order valence-electron chi connectivity index (χ3n) is 4.20. The summed E-state index contributed by atoms with van der Waals surface area (Å²) in [5.74, 6) is -1.17. The van der Waals surface area contributed by atoms with Gasteiger partial charge in [0.2, 0.25) is 0 Å². The van der Waals surface area contributed by atoms with Gasteiger partial charge in [-0.2, -0.15) is 0 Å². The third kappa shape index (κ3) is 5.79. The number of rotatable bonds is 7. The molecule has 1 heterocycles. The van der Waals surface area contributed by atoms with Gasteiger partial charge in [0, 0.05) is 11.8 Å². The first-order valence-corrected chi connectivity index (χ1v) is 9.96. The Bertz CT molecular complexity index is 1140.